The summed E-state index contributed by atoms with van der Waals surface area (Å²) >= 11 is 6.44. The molecule has 0 heterocycles. The normalized spacial score (nSPS) is 10.7. The van der Waals surface area contributed by atoms with Crippen LogP contribution in [0.4, 0.5) is 11.4 Å². The average molecular weight is 520 g/mol. The standard InChI is InChI=1S/C28H26ClN3O5/c1-4-36-25-15-19(13-20(16-30)28(34)31-21-9-11-22(35-3)12-10-21)14-23(29)27(25)37-17-26(33)32-24-8-6-5-7-18(24)2/h5-15H,4,17H2,1-3H3,(H,31,34)(H,32,33)/b20-13-. The van der Waals surface area contributed by atoms with Gasteiger partial charge in [-0.05, 0) is 73.5 Å². The van der Waals surface area contributed by atoms with Crippen LogP contribution in [-0.4, -0.2) is 32.1 Å². The van der Waals surface area contributed by atoms with Crippen LogP contribution in [-0.2, 0) is 9.59 Å². The fourth-order valence-electron chi connectivity index (χ4n) is 3.30. The van der Waals surface area contributed by atoms with E-state index in [1.54, 1.807) is 50.4 Å². The lowest BCUT2D eigenvalue weighted by Crippen LogP contribution is -2.21. The molecule has 0 fully saturated rings. The number of aryl methyl sites for hydroxylation is 1. The van der Waals surface area contributed by atoms with Crippen molar-refractivity contribution in [3.05, 3.63) is 82.4 Å². The Morgan fingerprint density at radius 3 is 2.43 bits per heavy atom. The molecule has 8 nitrogen and oxygen atoms in total. The lowest BCUT2D eigenvalue weighted by Gasteiger charge is -2.15. The first kappa shape index (κ1) is 27.1. The number of para-hydroxylation sites is 1. The number of hydrogen-bond acceptors (Lipinski definition) is 6. The van der Waals surface area contributed by atoms with Crippen molar-refractivity contribution < 1.29 is 23.8 Å². The first-order chi connectivity index (χ1) is 17.8. The molecule has 0 saturated heterocycles. The number of nitrogens with one attached hydrogen (secondary N) is 2. The maximum absolute atomic E-state index is 12.6. The van der Waals surface area contributed by atoms with E-state index >= 15 is 0 Å². The van der Waals surface area contributed by atoms with Gasteiger partial charge in [0.1, 0.15) is 17.4 Å². The van der Waals surface area contributed by atoms with Crippen molar-refractivity contribution in [1.82, 2.24) is 0 Å². The molecule has 0 unspecified atom stereocenters. The van der Waals surface area contributed by atoms with E-state index in [9.17, 15) is 14.9 Å². The van der Waals surface area contributed by atoms with Crippen molar-refractivity contribution in [1.29, 1.82) is 5.26 Å². The Balaban J connectivity index is 1.76. The molecule has 0 bridgehead atoms. The summed E-state index contributed by atoms with van der Waals surface area (Å²) in [5, 5.41) is 15.2. The topological polar surface area (TPSA) is 110 Å². The van der Waals surface area contributed by atoms with Gasteiger partial charge in [0.2, 0.25) is 0 Å². The second-order valence-electron chi connectivity index (χ2n) is 7.77. The van der Waals surface area contributed by atoms with Crippen molar-refractivity contribution in [2.75, 3.05) is 31.0 Å². The molecule has 9 heteroatoms. The molecule has 190 valence electrons. The molecule has 0 spiro atoms. The van der Waals surface area contributed by atoms with E-state index < -0.39 is 5.91 Å². The highest BCUT2D eigenvalue weighted by molar-refractivity contribution is 6.32. The summed E-state index contributed by atoms with van der Waals surface area (Å²) < 4.78 is 16.4. The number of anilines is 2. The minimum atomic E-state index is -0.588. The van der Waals surface area contributed by atoms with Gasteiger partial charge in [0.05, 0.1) is 18.7 Å². The van der Waals surface area contributed by atoms with Gasteiger partial charge in [-0.3, -0.25) is 9.59 Å². The molecule has 2 N–H and O–H groups in total. The molecule has 0 aliphatic rings. The summed E-state index contributed by atoms with van der Waals surface area (Å²) in [6.07, 6.45) is 1.39. The third-order valence-corrected chi connectivity index (χ3v) is 5.40. The average Bonchev–Trinajstić information content (AvgIpc) is 2.88. The van der Waals surface area contributed by atoms with E-state index in [4.69, 9.17) is 25.8 Å². The molecule has 0 radical (unpaired) electrons. The summed E-state index contributed by atoms with van der Waals surface area (Å²) in [7, 11) is 1.54. The van der Waals surface area contributed by atoms with Gasteiger partial charge in [-0.1, -0.05) is 29.8 Å². The van der Waals surface area contributed by atoms with Crippen molar-refractivity contribution in [2.24, 2.45) is 0 Å². The Kier molecular flexibility index (Phi) is 9.53. The molecular weight excluding hydrogens is 494 g/mol. The van der Waals surface area contributed by atoms with E-state index in [2.05, 4.69) is 10.6 Å². The minimum absolute atomic E-state index is 0.138. The van der Waals surface area contributed by atoms with Gasteiger partial charge >= 0.3 is 0 Å². The van der Waals surface area contributed by atoms with E-state index in [1.165, 1.54) is 12.1 Å². The molecule has 3 aromatic rings. The van der Waals surface area contributed by atoms with Crippen LogP contribution < -0.4 is 24.8 Å². The third kappa shape index (κ3) is 7.50. The smallest absolute Gasteiger partial charge is 0.266 e. The lowest BCUT2D eigenvalue weighted by atomic mass is 10.1. The van der Waals surface area contributed by atoms with Crippen LogP contribution >= 0.6 is 11.6 Å². The number of carbonyl (C=O) groups is 2. The first-order valence-corrected chi connectivity index (χ1v) is 11.7. The Bertz CT molecular complexity index is 1350. The molecule has 0 saturated carbocycles. The molecule has 2 amide bonds. The number of nitriles is 1. The Morgan fingerprint density at radius 1 is 1.05 bits per heavy atom. The zero-order valence-corrected chi connectivity index (χ0v) is 21.4. The Hall–Kier alpha value is -4.48. The van der Waals surface area contributed by atoms with Crippen molar-refractivity contribution in [2.45, 2.75) is 13.8 Å². The molecule has 0 atom stereocenters. The molecule has 37 heavy (non-hydrogen) atoms. The molecule has 0 aliphatic carbocycles. The second kappa shape index (κ2) is 13.0. The van der Waals surface area contributed by atoms with Gasteiger partial charge in [0.15, 0.2) is 18.1 Å². The monoisotopic (exact) mass is 519 g/mol. The zero-order chi connectivity index (χ0) is 26.8. The Labute approximate surface area is 220 Å². The molecule has 3 rings (SSSR count). The van der Waals surface area contributed by atoms with Crippen LogP contribution in [0.25, 0.3) is 6.08 Å². The number of methoxy groups -OCH3 is 1. The number of benzene rings is 3. The van der Waals surface area contributed by atoms with E-state index in [0.29, 0.717) is 29.3 Å². The highest BCUT2D eigenvalue weighted by atomic mass is 35.5. The predicted molar refractivity (Wildman–Crippen MR) is 143 cm³/mol. The fourth-order valence-corrected chi connectivity index (χ4v) is 3.57. The highest BCUT2D eigenvalue weighted by Crippen LogP contribution is 2.37. The van der Waals surface area contributed by atoms with Gasteiger partial charge in [-0.2, -0.15) is 5.26 Å². The number of rotatable bonds is 10. The lowest BCUT2D eigenvalue weighted by molar-refractivity contribution is -0.118. The fraction of sp³-hybridized carbons (Fsp3) is 0.179. The summed E-state index contributed by atoms with van der Waals surface area (Å²) in [6, 6.07) is 19.1. The van der Waals surface area contributed by atoms with Crippen LogP contribution in [0, 0.1) is 18.3 Å². The largest absolute Gasteiger partial charge is 0.497 e. The first-order valence-electron chi connectivity index (χ1n) is 11.4. The van der Waals surface area contributed by atoms with Crippen molar-refractivity contribution in [3.63, 3.8) is 0 Å². The van der Waals surface area contributed by atoms with Gasteiger partial charge in [0, 0.05) is 11.4 Å². The third-order valence-electron chi connectivity index (χ3n) is 5.12. The number of ether oxygens (including phenoxy) is 3. The summed E-state index contributed by atoms with van der Waals surface area (Å²) in [5.41, 5.74) is 2.42. The molecule has 0 aromatic heterocycles. The van der Waals surface area contributed by atoms with Crippen molar-refractivity contribution >= 4 is 40.9 Å². The Morgan fingerprint density at radius 2 is 1.78 bits per heavy atom. The summed E-state index contributed by atoms with van der Waals surface area (Å²) in [6.45, 7) is 3.68. The molecular formula is C28H26ClN3O5. The zero-order valence-electron chi connectivity index (χ0n) is 20.6. The number of nitrogens with zero attached hydrogens (tertiary/aromatic N) is 1. The van der Waals surface area contributed by atoms with Crippen LogP contribution in [0.1, 0.15) is 18.1 Å². The van der Waals surface area contributed by atoms with E-state index in [-0.39, 0.29) is 34.6 Å². The number of halogens is 1. The van der Waals surface area contributed by atoms with Gasteiger partial charge in [0.25, 0.3) is 11.8 Å². The number of hydrogen-bond donors (Lipinski definition) is 2. The van der Waals surface area contributed by atoms with Gasteiger partial charge < -0.3 is 24.8 Å². The van der Waals surface area contributed by atoms with Crippen LogP contribution in [0.3, 0.4) is 0 Å². The number of carbonyl (C=O) groups excluding carboxylic acids is 2. The molecule has 0 aliphatic heterocycles. The van der Waals surface area contributed by atoms with Gasteiger partial charge in [-0.15, -0.1) is 0 Å². The maximum Gasteiger partial charge on any atom is 0.266 e. The number of amides is 2. The van der Waals surface area contributed by atoms with Crippen LogP contribution in [0.5, 0.6) is 17.2 Å². The predicted octanol–water partition coefficient (Wildman–Crippen LogP) is 5.62. The highest BCUT2D eigenvalue weighted by Gasteiger charge is 2.16. The van der Waals surface area contributed by atoms with E-state index in [1.807, 2.05) is 31.2 Å². The summed E-state index contributed by atoms with van der Waals surface area (Å²) in [4.78, 5) is 25.1. The molecule has 3 aromatic carbocycles. The quantitative estimate of drug-likeness (QED) is 0.266. The van der Waals surface area contributed by atoms with Crippen LogP contribution in [0.2, 0.25) is 5.02 Å². The van der Waals surface area contributed by atoms with Crippen molar-refractivity contribution in [3.8, 4) is 23.3 Å². The van der Waals surface area contributed by atoms with Gasteiger partial charge in [-0.25, -0.2) is 0 Å². The van der Waals surface area contributed by atoms with E-state index in [0.717, 1.165) is 5.56 Å². The van der Waals surface area contributed by atoms with Crippen LogP contribution in [0.15, 0.2) is 66.2 Å². The summed E-state index contributed by atoms with van der Waals surface area (Å²) in [5.74, 6) is 0.149. The second-order valence-corrected chi connectivity index (χ2v) is 8.17. The minimum Gasteiger partial charge on any atom is -0.497 e. The maximum atomic E-state index is 12.6. The SMILES string of the molecule is CCOc1cc(/C=C(/C#N)C(=O)Nc2ccc(OC)cc2)cc(Cl)c1OCC(=O)Nc1ccccc1C.